The Balaban J connectivity index is 3.68. The summed E-state index contributed by atoms with van der Waals surface area (Å²) >= 11 is 0. The number of ether oxygens (including phenoxy) is 1. The van der Waals surface area contributed by atoms with Crippen molar-refractivity contribution in [3.8, 4) is 0 Å². The summed E-state index contributed by atoms with van der Waals surface area (Å²) in [6.07, 6.45) is 1.31. The summed E-state index contributed by atoms with van der Waals surface area (Å²) in [6, 6.07) is 0.257. The molecule has 0 amide bonds. The first-order chi connectivity index (χ1) is 7.13. The van der Waals surface area contributed by atoms with Crippen LogP contribution in [-0.2, 0) is 4.74 Å². The fourth-order valence-electron chi connectivity index (χ4n) is 1.40. The van der Waals surface area contributed by atoms with Crippen LogP contribution in [0.2, 0.25) is 0 Å². The third kappa shape index (κ3) is 7.73. The molecule has 0 aromatic carbocycles. The summed E-state index contributed by atoms with van der Waals surface area (Å²) in [7, 11) is 0. The van der Waals surface area contributed by atoms with Crippen molar-refractivity contribution in [3.05, 3.63) is 0 Å². The zero-order valence-electron chi connectivity index (χ0n) is 10.6. The fraction of sp³-hybridized carbons (Fsp3) is 1.00. The molecule has 0 aromatic heterocycles. The molecule has 0 fully saturated rings. The number of rotatable bonds is 9. The van der Waals surface area contributed by atoms with Crippen LogP contribution in [0.25, 0.3) is 0 Å². The van der Waals surface area contributed by atoms with Gasteiger partial charge in [-0.05, 0) is 39.9 Å². The minimum atomic E-state index is 0.257. The SMILES string of the molecule is CCN(CC)CCC(COC(C)C)NN. The topological polar surface area (TPSA) is 50.5 Å². The first kappa shape index (κ1) is 14.8. The second kappa shape index (κ2) is 9.09. The summed E-state index contributed by atoms with van der Waals surface area (Å²) < 4.78 is 5.53. The van der Waals surface area contributed by atoms with Crippen molar-refractivity contribution < 1.29 is 4.74 Å². The van der Waals surface area contributed by atoms with E-state index in [1.165, 1.54) is 0 Å². The molecule has 0 aliphatic rings. The highest BCUT2D eigenvalue weighted by Gasteiger charge is 2.09. The molecule has 4 nitrogen and oxygen atoms in total. The maximum absolute atomic E-state index is 5.53. The molecular formula is C11H27N3O. The van der Waals surface area contributed by atoms with E-state index in [0.717, 1.165) is 26.1 Å². The second-order valence-electron chi connectivity index (χ2n) is 4.06. The van der Waals surface area contributed by atoms with Gasteiger partial charge in [0.2, 0.25) is 0 Å². The van der Waals surface area contributed by atoms with Gasteiger partial charge in [-0.3, -0.25) is 11.3 Å². The highest BCUT2D eigenvalue weighted by molar-refractivity contribution is 4.66. The Morgan fingerprint density at radius 2 is 1.87 bits per heavy atom. The van der Waals surface area contributed by atoms with Crippen LogP contribution in [0.15, 0.2) is 0 Å². The molecule has 0 saturated heterocycles. The molecule has 0 spiro atoms. The zero-order valence-corrected chi connectivity index (χ0v) is 10.6. The number of nitrogens with two attached hydrogens (primary N) is 1. The minimum Gasteiger partial charge on any atom is -0.377 e. The number of hydrogen-bond donors (Lipinski definition) is 2. The quantitative estimate of drug-likeness (QED) is 0.446. The van der Waals surface area contributed by atoms with E-state index in [4.69, 9.17) is 10.6 Å². The maximum atomic E-state index is 5.53. The Hall–Kier alpha value is -0.160. The predicted octanol–water partition coefficient (Wildman–Crippen LogP) is 0.975. The smallest absolute Gasteiger partial charge is 0.0637 e. The van der Waals surface area contributed by atoms with Gasteiger partial charge in [0.15, 0.2) is 0 Å². The normalized spacial score (nSPS) is 13.8. The van der Waals surface area contributed by atoms with Crippen LogP contribution in [0.3, 0.4) is 0 Å². The highest BCUT2D eigenvalue weighted by atomic mass is 16.5. The molecule has 0 rings (SSSR count). The van der Waals surface area contributed by atoms with Gasteiger partial charge in [-0.1, -0.05) is 13.8 Å². The molecule has 4 heteroatoms. The van der Waals surface area contributed by atoms with Crippen LogP contribution in [0.4, 0.5) is 0 Å². The number of nitrogens with zero attached hydrogens (tertiary/aromatic N) is 1. The first-order valence-electron chi connectivity index (χ1n) is 5.94. The molecule has 1 unspecified atom stereocenters. The monoisotopic (exact) mass is 217 g/mol. The molecule has 0 heterocycles. The van der Waals surface area contributed by atoms with Gasteiger partial charge in [-0.2, -0.15) is 0 Å². The predicted molar refractivity (Wildman–Crippen MR) is 64.6 cm³/mol. The maximum Gasteiger partial charge on any atom is 0.0637 e. The van der Waals surface area contributed by atoms with E-state index in [1.54, 1.807) is 0 Å². The van der Waals surface area contributed by atoms with Gasteiger partial charge in [0.1, 0.15) is 0 Å². The lowest BCUT2D eigenvalue weighted by atomic mass is 10.2. The Kier molecular flexibility index (Phi) is 9.00. The van der Waals surface area contributed by atoms with Crippen molar-refractivity contribution in [2.24, 2.45) is 5.84 Å². The molecule has 1 atom stereocenters. The van der Waals surface area contributed by atoms with Crippen molar-refractivity contribution in [2.75, 3.05) is 26.2 Å². The Morgan fingerprint density at radius 1 is 1.27 bits per heavy atom. The van der Waals surface area contributed by atoms with Gasteiger partial charge >= 0.3 is 0 Å². The Labute approximate surface area is 94.1 Å². The molecule has 0 saturated carbocycles. The van der Waals surface area contributed by atoms with Crippen LogP contribution in [0.1, 0.15) is 34.1 Å². The zero-order chi connectivity index (χ0) is 11.7. The molecule has 0 radical (unpaired) electrons. The summed E-state index contributed by atoms with van der Waals surface area (Å²) in [5.74, 6) is 5.48. The third-order valence-corrected chi connectivity index (χ3v) is 2.55. The van der Waals surface area contributed by atoms with Gasteiger partial charge in [-0.25, -0.2) is 0 Å². The van der Waals surface area contributed by atoms with Gasteiger partial charge in [0.25, 0.3) is 0 Å². The van der Waals surface area contributed by atoms with Crippen molar-refractivity contribution in [1.29, 1.82) is 0 Å². The van der Waals surface area contributed by atoms with E-state index in [2.05, 4.69) is 24.2 Å². The number of hydrazine groups is 1. The summed E-state index contributed by atoms with van der Waals surface area (Å²) in [4.78, 5) is 2.39. The van der Waals surface area contributed by atoms with Crippen molar-refractivity contribution in [2.45, 2.75) is 46.3 Å². The van der Waals surface area contributed by atoms with Crippen LogP contribution >= 0.6 is 0 Å². The first-order valence-corrected chi connectivity index (χ1v) is 5.94. The van der Waals surface area contributed by atoms with E-state index in [1.807, 2.05) is 13.8 Å². The molecule has 0 bridgehead atoms. The number of hydrogen-bond acceptors (Lipinski definition) is 4. The molecule has 3 N–H and O–H groups in total. The molecule has 0 aliphatic heterocycles. The standard InChI is InChI=1S/C11H27N3O/c1-5-14(6-2)8-7-11(13-12)9-15-10(3)4/h10-11,13H,5-9,12H2,1-4H3. The van der Waals surface area contributed by atoms with Crippen molar-refractivity contribution in [1.82, 2.24) is 10.3 Å². The van der Waals surface area contributed by atoms with Gasteiger partial charge in [0, 0.05) is 6.04 Å². The van der Waals surface area contributed by atoms with Gasteiger partial charge in [0.05, 0.1) is 12.7 Å². The molecular weight excluding hydrogens is 190 g/mol. The number of nitrogens with one attached hydrogen (secondary N) is 1. The summed E-state index contributed by atoms with van der Waals surface area (Å²) in [5.41, 5.74) is 2.81. The van der Waals surface area contributed by atoms with E-state index >= 15 is 0 Å². The van der Waals surface area contributed by atoms with E-state index in [-0.39, 0.29) is 12.1 Å². The van der Waals surface area contributed by atoms with Gasteiger partial charge < -0.3 is 9.64 Å². The van der Waals surface area contributed by atoms with Crippen LogP contribution in [0.5, 0.6) is 0 Å². The molecule has 0 aliphatic carbocycles. The average Bonchev–Trinajstić information content (AvgIpc) is 2.23. The lowest BCUT2D eigenvalue weighted by Crippen LogP contribution is -2.41. The van der Waals surface area contributed by atoms with Crippen molar-refractivity contribution >= 4 is 0 Å². The second-order valence-corrected chi connectivity index (χ2v) is 4.06. The van der Waals surface area contributed by atoms with Crippen LogP contribution < -0.4 is 11.3 Å². The lowest BCUT2D eigenvalue weighted by Gasteiger charge is -2.22. The average molecular weight is 217 g/mol. The van der Waals surface area contributed by atoms with E-state index in [0.29, 0.717) is 6.61 Å². The molecule has 92 valence electrons. The van der Waals surface area contributed by atoms with E-state index < -0.39 is 0 Å². The fourth-order valence-corrected chi connectivity index (χ4v) is 1.40. The van der Waals surface area contributed by atoms with Gasteiger partial charge in [-0.15, -0.1) is 0 Å². The lowest BCUT2D eigenvalue weighted by molar-refractivity contribution is 0.0573. The van der Waals surface area contributed by atoms with Crippen LogP contribution in [-0.4, -0.2) is 43.3 Å². The van der Waals surface area contributed by atoms with E-state index in [9.17, 15) is 0 Å². The molecule has 0 aromatic rings. The van der Waals surface area contributed by atoms with Crippen molar-refractivity contribution in [3.63, 3.8) is 0 Å². The summed E-state index contributed by atoms with van der Waals surface area (Å²) in [5, 5.41) is 0. The largest absolute Gasteiger partial charge is 0.377 e. The third-order valence-electron chi connectivity index (χ3n) is 2.55. The molecule has 15 heavy (non-hydrogen) atoms. The minimum absolute atomic E-state index is 0.257. The Bertz CT molecular complexity index is 138. The Morgan fingerprint density at radius 3 is 2.27 bits per heavy atom. The summed E-state index contributed by atoms with van der Waals surface area (Å²) in [6.45, 7) is 12.4. The highest BCUT2D eigenvalue weighted by Crippen LogP contribution is 1.98. The van der Waals surface area contributed by atoms with Crippen LogP contribution in [0, 0.1) is 0 Å².